The van der Waals surface area contributed by atoms with E-state index in [2.05, 4.69) is 0 Å². The summed E-state index contributed by atoms with van der Waals surface area (Å²) in [7, 11) is 0. The lowest BCUT2D eigenvalue weighted by molar-refractivity contribution is 0.0531. The second-order valence-electron chi connectivity index (χ2n) is 6.56. The lowest BCUT2D eigenvalue weighted by Crippen LogP contribution is -2.28. The second-order valence-corrected chi connectivity index (χ2v) is 6.56. The number of hydrogen-bond acceptors (Lipinski definition) is 2. The molecule has 0 radical (unpaired) electrons. The Hall–Kier alpha value is -1.25. The van der Waals surface area contributed by atoms with Gasteiger partial charge in [0.2, 0.25) is 0 Å². The molecule has 0 atom stereocenters. The minimum Gasteiger partial charge on any atom is -0.443 e. The molecule has 1 aromatic heterocycles. The first-order chi connectivity index (χ1) is 8.96. The number of nitrogens with zero attached hydrogens (tertiary/aromatic N) is 1. The van der Waals surface area contributed by atoms with E-state index in [-0.39, 0.29) is 6.09 Å². The summed E-state index contributed by atoms with van der Waals surface area (Å²) in [6.45, 7) is 5.69. The highest BCUT2D eigenvalue weighted by Gasteiger charge is 2.21. The normalized spacial score (nSPS) is 17.4. The third-order valence-corrected chi connectivity index (χ3v) is 3.65. The predicted octanol–water partition coefficient (Wildman–Crippen LogP) is 4.39. The van der Waals surface area contributed by atoms with Crippen molar-refractivity contribution in [3.05, 3.63) is 24.0 Å². The number of carbonyl (C=O) groups excluding carboxylic acids is 1. The summed E-state index contributed by atoms with van der Waals surface area (Å²) in [5, 5.41) is 0. The zero-order valence-corrected chi connectivity index (χ0v) is 12.3. The first-order valence-electron chi connectivity index (χ1n) is 7.35. The van der Waals surface area contributed by atoms with Crippen LogP contribution in [0.3, 0.4) is 0 Å². The molecule has 1 aromatic rings. The summed E-state index contributed by atoms with van der Waals surface area (Å²) in [5.41, 5.74) is 0.643. The first-order valence-corrected chi connectivity index (χ1v) is 7.35. The van der Waals surface area contributed by atoms with E-state index in [9.17, 15) is 4.79 Å². The van der Waals surface area contributed by atoms with Crippen molar-refractivity contribution in [1.29, 1.82) is 0 Å². The maximum atomic E-state index is 12.1. The van der Waals surface area contributed by atoms with Crippen molar-refractivity contribution in [1.82, 2.24) is 4.57 Å². The van der Waals surface area contributed by atoms with Crippen LogP contribution >= 0.6 is 0 Å². The zero-order chi connectivity index (χ0) is 13.9. The molecule has 0 aliphatic heterocycles. The van der Waals surface area contributed by atoms with Crippen LogP contribution in [0.4, 0.5) is 4.79 Å². The molecule has 3 nitrogen and oxygen atoms in total. The molecule has 0 bridgehead atoms. The number of ether oxygens (including phenoxy) is 1. The van der Waals surface area contributed by atoms with E-state index in [0.29, 0.717) is 0 Å². The fourth-order valence-corrected chi connectivity index (χ4v) is 2.76. The summed E-state index contributed by atoms with van der Waals surface area (Å²) in [6.07, 6.45) is 9.15. The molecule has 1 aliphatic carbocycles. The van der Waals surface area contributed by atoms with Gasteiger partial charge in [-0.3, -0.25) is 4.57 Å². The number of carbonyl (C=O) groups is 1. The van der Waals surface area contributed by atoms with Gasteiger partial charge in [0, 0.05) is 11.9 Å². The van der Waals surface area contributed by atoms with Crippen molar-refractivity contribution in [2.45, 2.75) is 64.9 Å². The zero-order valence-electron chi connectivity index (χ0n) is 12.3. The third kappa shape index (κ3) is 4.12. The smallest absolute Gasteiger partial charge is 0.418 e. The Morgan fingerprint density at radius 1 is 1.32 bits per heavy atom. The van der Waals surface area contributed by atoms with E-state index >= 15 is 0 Å². The Kier molecular flexibility index (Phi) is 4.33. The predicted molar refractivity (Wildman–Crippen MR) is 76.3 cm³/mol. The van der Waals surface area contributed by atoms with Gasteiger partial charge in [0.05, 0.1) is 0 Å². The average molecular weight is 263 g/mol. The summed E-state index contributed by atoms with van der Waals surface area (Å²) in [5.74, 6) is 0.727. The van der Waals surface area contributed by atoms with Gasteiger partial charge in [-0.05, 0) is 45.2 Å². The maximum absolute atomic E-state index is 12.1. The molecular formula is C16H25NO2. The average Bonchev–Trinajstić information content (AvgIpc) is 2.76. The van der Waals surface area contributed by atoms with Crippen molar-refractivity contribution >= 4 is 6.09 Å². The van der Waals surface area contributed by atoms with Crippen molar-refractivity contribution in [2.24, 2.45) is 5.92 Å². The third-order valence-electron chi connectivity index (χ3n) is 3.65. The molecule has 1 aliphatic rings. The fourth-order valence-electron chi connectivity index (χ4n) is 2.76. The highest BCUT2D eigenvalue weighted by atomic mass is 16.6. The molecule has 1 fully saturated rings. The van der Waals surface area contributed by atoms with Gasteiger partial charge in [0.15, 0.2) is 0 Å². The van der Waals surface area contributed by atoms with Crippen LogP contribution < -0.4 is 0 Å². The molecule has 0 aromatic carbocycles. The summed E-state index contributed by atoms with van der Waals surface area (Å²) < 4.78 is 7.10. The van der Waals surface area contributed by atoms with Gasteiger partial charge in [0.1, 0.15) is 5.60 Å². The highest BCUT2D eigenvalue weighted by molar-refractivity contribution is 5.72. The van der Waals surface area contributed by atoms with Crippen molar-refractivity contribution < 1.29 is 9.53 Å². The molecule has 19 heavy (non-hydrogen) atoms. The Labute approximate surface area is 115 Å². The fraction of sp³-hybridized carbons (Fsp3) is 0.688. The van der Waals surface area contributed by atoms with E-state index in [1.807, 2.05) is 39.1 Å². The molecule has 1 heterocycles. The molecule has 106 valence electrons. The second kappa shape index (κ2) is 5.81. The van der Waals surface area contributed by atoms with Gasteiger partial charge in [-0.15, -0.1) is 0 Å². The molecule has 3 heteroatoms. The van der Waals surface area contributed by atoms with Crippen LogP contribution in [0, 0.1) is 5.92 Å². The van der Waals surface area contributed by atoms with E-state index < -0.39 is 5.60 Å². The molecule has 0 amide bonds. The monoisotopic (exact) mass is 263 g/mol. The number of aromatic nitrogens is 1. The van der Waals surface area contributed by atoms with Crippen LogP contribution in [0.1, 0.15) is 58.6 Å². The molecule has 2 rings (SSSR count). The van der Waals surface area contributed by atoms with Crippen LogP contribution in [0.15, 0.2) is 18.3 Å². The van der Waals surface area contributed by atoms with Crippen molar-refractivity contribution in [2.75, 3.05) is 0 Å². The summed E-state index contributed by atoms with van der Waals surface area (Å²) in [4.78, 5) is 12.1. The van der Waals surface area contributed by atoms with Crippen LogP contribution in [0.5, 0.6) is 0 Å². The SMILES string of the molecule is CC(C)(C)OC(=O)n1cccc1CC1CCCCC1. The molecule has 0 spiro atoms. The minimum absolute atomic E-state index is 0.261. The highest BCUT2D eigenvalue weighted by Crippen LogP contribution is 2.27. The van der Waals surface area contributed by atoms with Gasteiger partial charge in [-0.1, -0.05) is 32.1 Å². The van der Waals surface area contributed by atoms with Crippen LogP contribution in [-0.2, 0) is 11.2 Å². The largest absolute Gasteiger partial charge is 0.443 e. The Morgan fingerprint density at radius 2 is 2.00 bits per heavy atom. The van der Waals surface area contributed by atoms with E-state index in [1.54, 1.807) is 4.57 Å². The molecular weight excluding hydrogens is 238 g/mol. The topological polar surface area (TPSA) is 31.2 Å². The first kappa shape index (κ1) is 14.2. The minimum atomic E-state index is -0.441. The van der Waals surface area contributed by atoms with Crippen LogP contribution in [0.2, 0.25) is 0 Å². The lowest BCUT2D eigenvalue weighted by Gasteiger charge is -2.23. The number of hydrogen-bond donors (Lipinski definition) is 0. The van der Waals surface area contributed by atoms with Gasteiger partial charge in [-0.2, -0.15) is 0 Å². The van der Waals surface area contributed by atoms with Gasteiger partial charge >= 0.3 is 6.09 Å². The summed E-state index contributed by atoms with van der Waals surface area (Å²) in [6, 6.07) is 3.97. The number of rotatable bonds is 2. The Bertz CT molecular complexity index is 422. The Balaban J connectivity index is 2.02. The van der Waals surface area contributed by atoms with Crippen LogP contribution in [-0.4, -0.2) is 16.3 Å². The lowest BCUT2D eigenvalue weighted by atomic mass is 9.86. The van der Waals surface area contributed by atoms with E-state index in [0.717, 1.165) is 18.0 Å². The molecule has 0 N–H and O–H groups in total. The molecule has 1 saturated carbocycles. The molecule has 0 unspecified atom stereocenters. The summed E-state index contributed by atoms with van der Waals surface area (Å²) >= 11 is 0. The Morgan fingerprint density at radius 3 is 2.63 bits per heavy atom. The quantitative estimate of drug-likeness (QED) is 0.792. The maximum Gasteiger partial charge on any atom is 0.418 e. The standard InChI is InChI=1S/C16H25NO2/c1-16(2,3)19-15(18)17-11-7-10-14(17)12-13-8-5-4-6-9-13/h7,10-11,13H,4-6,8-9,12H2,1-3H3. The van der Waals surface area contributed by atoms with Gasteiger partial charge < -0.3 is 4.74 Å². The van der Waals surface area contributed by atoms with Crippen molar-refractivity contribution in [3.8, 4) is 0 Å². The van der Waals surface area contributed by atoms with Crippen LogP contribution in [0.25, 0.3) is 0 Å². The van der Waals surface area contributed by atoms with Crippen molar-refractivity contribution in [3.63, 3.8) is 0 Å². The van der Waals surface area contributed by atoms with E-state index in [4.69, 9.17) is 4.74 Å². The molecule has 0 saturated heterocycles. The van der Waals surface area contributed by atoms with Gasteiger partial charge in [-0.25, -0.2) is 4.79 Å². The van der Waals surface area contributed by atoms with E-state index in [1.165, 1.54) is 32.1 Å². The van der Waals surface area contributed by atoms with Gasteiger partial charge in [0.25, 0.3) is 0 Å².